The Bertz CT molecular complexity index is 343. The van der Waals surface area contributed by atoms with E-state index in [9.17, 15) is 0 Å². The van der Waals surface area contributed by atoms with E-state index in [0.29, 0.717) is 10.00 Å². The van der Waals surface area contributed by atoms with E-state index < -0.39 is 7.35 Å². The highest BCUT2D eigenvalue weighted by atomic mass is 33.1. The molecule has 0 amide bonds. The van der Waals surface area contributed by atoms with E-state index in [-0.39, 0.29) is 0 Å². The minimum Gasteiger partial charge on any atom is -0.363 e. The van der Waals surface area contributed by atoms with Crippen molar-refractivity contribution in [3.8, 4) is 0 Å². The van der Waals surface area contributed by atoms with Crippen molar-refractivity contribution >= 4 is 40.3 Å². The van der Waals surface area contributed by atoms with E-state index in [1.807, 2.05) is 27.8 Å². The minimum absolute atomic E-state index is 0.450. The lowest BCUT2D eigenvalue weighted by atomic mass is 10.0. The van der Waals surface area contributed by atoms with Gasteiger partial charge in [0.05, 0.1) is 7.35 Å². The predicted molar refractivity (Wildman–Crippen MR) is 91.6 cm³/mol. The van der Waals surface area contributed by atoms with Gasteiger partial charge in [-0.2, -0.15) is 0 Å². The van der Waals surface area contributed by atoms with Crippen molar-refractivity contribution in [3.05, 3.63) is 35.9 Å². The number of hydrogen-bond acceptors (Lipinski definition) is 4. The van der Waals surface area contributed by atoms with Crippen molar-refractivity contribution in [3.63, 3.8) is 0 Å². The first-order valence-corrected chi connectivity index (χ1v) is 11.6. The lowest BCUT2D eigenvalue weighted by molar-refractivity contribution is 0.645. The van der Waals surface area contributed by atoms with Gasteiger partial charge in [0.1, 0.15) is 0 Å². The largest absolute Gasteiger partial charge is 0.363 e. The lowest BCUT2D eigenvalue weighted by Crippen LogP contribution is -2.09. The summed E-state index contributed by atoms with van der Waals surface area (Å²) in [6.07, 6.45) is 3.18. The molecule has 5 heteroatoms. The summed E-state index contributed by atoms with van der Waals surface area (Å²) < 4.78 is 0.450. The molecule has 2 unspecified atom stereocenters. The highest BCUT2D eigenvalue weighted by molar-refractivity contribution is 8.77. The van der Waals surface area contributed by atoms with Crippen LogP contribution in [0.1, 0.15) is 31.1 Å². The fourth-order valence-corrected chi connectivity index (χ4v) is 4.89. The second-order valence-electron chi connectivity index (χ2n) is 4.69. The van der Waals surface area contributed by atoms with Gasteiger partial charge in [-0.25, -0.2) is 0 Å². The third kappa shape index (κ3) is 6.21. The SMILES string of the molecule is CC1(C)CC(c2ccccc2)SS1.CSP(C)O. The molecule has 1 fully saturated rings. The summed E-state index contributed by atoms with van der Waals surface area (Å²) >= 11 is 1.50. The molecule has 1 nitrogen and oxygen atoms in total. The van der Waals surface area contributed by atoms with E-state index in [0.717, 1.165) is 0 Å². The smallest absolute Gasteiger partial charge is 0.0813 e. The number of benzene rings is 1. The van der Waals surface area contributed by atoms with Gasteiger partial charge in [0.25, 0.3) is 0 Å². The molecule has 1 aromatic rings. The van der Waals surface area contributed by atoms with E-state index in [2.05, 4.69) is 44.2 Å². The maximum absolute atomic E-state index is 8.39. The molecule has 102 valence electrons. The van der Waals surface area contributed by atoms with Crippen LogP contribution in [0.2, 0.25) is 0 Å². The Hall–Kier alpha value is 0.660. The molecule has 0 spiro atoms. The van der Waals surface area contributed by atoms with Gasteiger partial charge in [0, 0.05) is 10.00 Å². The predicted octanol–water partition coefficient (Wildman–Crippen LogP) is 5.57. The van der Waals surface area contributed by atoms with Crippen molar-refractivity contribution < 1.29 is 4.89 Å². The Morgan fingerprint density at radius 1 is 1.33 bits per heavy atom. The van der Waals surface area contributed by atoms with Crippen LogP contribution in [-0.4, -0.2) is 22.6 Å². The van der Waals surface area contributed by atoms with Crippen molar-refractivity contribution in [1.82, 2.24) is 0 Å². The Morgan fingerprint density at radius 2 is 1.89 bits per heavy atom. The molecule has 0 bridgehead atoms. The average Bonchev–Trinajstić information content (AvgIpc) is 2.71. The van der Waals surface area contributed by atoms with E-state index in [1.165, 1.54) is 23.4 Å². The summed E-state index contributed by atoms with van der Waals surface area (Å²) in [4.78, 5) is 8.39. The molecule has 1 aromatic carbocycles. The van der Waals surface area contributed by atoms with Gasteiger partial charge >= 0.3 is 0 Å². The molecule has 0 saturated carbocycles. The van der Waals surface area contributed by atoms with Crippen LogP contribution in [-0.2, 0) is 0 Å². The first-order valence-electron chi connectivity index (χ1n) is 5.81. The highest BCUT2D eigenvalue weighted by Crippen LogP contribution is 2.57. The fraction of sp³-hybridized carbons (Fsp3) is 0.538. The molecule has 1 N–H and O–H groups in total. The number of rotatable bonds is 2. The monoisotopic (exact) mass is 320 g/mol. The standard InChI is InChI=1S/C11H14S2.C2H7OPS/c1-11(2)8-10(12-13-11)9-6-4-3-5-7-9;1-4(3)5-2/h3-7,10H,8H2,1-2H3;3H,1-2H3. The Balaban J connectivity index is 0.000000280. The van der Waals surface area contributed by atoms with E-state index >= 15 is 0 Å². The second-order valence-corrected chi connectivity index (χ2v) is 11.8. The van der Waals surface area contributed by atoms with Crippen LogP contribution in [0.25, 0.3) is 0 Å². The van der Waals surface area contributed by atoms with Crippen LogP contribution in [0.5, 0.6) is 0 Å². The first kappa shape index (κ1) is 16.7. The topological polar surface area (TPSA) is 20.2 Å². The van der Waals surface area contributed by atoms with Gasteiger partial charge in [-0.15, -0.1) is 11.4 Å². The summed E-state index contributed by atoms with van der Waals surface area (Å²) in [6.45, 7) is 6.46. The molecule has 2 atom stereocenters. The van der Waals surface area contributed by atoms with E-state index in [4.69, 9.17) is 4.89 Å². The average molecular weight is 320 g/mol. The van der Waals surface area contributed by atoms with E-state index in [1.54, 1.807) is 6.66 Å². The zero-order valence-electron chi connectivity index (χ0n) is 11.3. The molecule has 0 aliphatic carbocycles. The number of hydrogen-bond donors (Lipinski definition) is 1. The van der Waals surface area contributed by atoms with Crippen molar-refractivity contribution in [2.75, 3.05) is 12.9 Å². The molecule has 1 aliphatic heterocycles. The van der Waals surface area contributed by atoms with Gasteiger partial charge < -0.3 is 4.89 Å². The third-order valence-corrected chi connectivity index (χ3v) is 8.34. The van der Waals surface area contributed by atoms with Gasteiger partial charge in [0.2, 0.25) is 0 Å². The van der Waals surface area contributed by atoms with Crippen molar-refractivity contribution in [1.29, 1.82) is 0 Å². The lowest BCUT2D eigenvalue weighted by Gasteiger charge is -2.14. The molecular formula is C13H21OPS3. The molecule has 1 saturated heterocycles. The summed E-state index contributed by atoms with van der Waals surface area (Å²) in [5, 5.41) is 0.696. The van der Waals surface area contributed by atoms with Crippen molar-refractivity contribution in [2.24, 2.45) is 0 Å². The van der Waals surface area contributed by atoms with Crippen LogP contribution >= 0.6 is 40.3 Å². The normalized spacial score (nSPS) is 23.1. The summed E-state index contributed by atoms with van der Waals surface area (Å²) in [7, 11) is 3.36. The summed E-state index contributed by atoms with van der Waals surface area (Å²) in [6, 6.07) is 10.8. The fourth-order valence-electron chi connectivity index (χ4n) is 1.54. The molecule has 0 aromatic heterocycles. The first-order chi connectivity index (χ1) is 8.44. The Labute approximate surface area is 124 Å². The molecule has 0 radical (unpaired) electrons. The van der Waals surface area contributed by atoms with Crippen LogP contribution in [0.4, 0.5) is 0 Å². The molecular weight excluding hydrogens is 299 g/mol. The van der Waals surface area contributed by atoms with Crippen LogP contribution in [0.15, 0.2) is 30.3 Å². The quantitative estimate of drug-likeness (QED) is 0.567. The van der Waals surface area contributed by atoms with Gasteiger partial charge in [-0.3, -0.25) is 0 Å². The maximum atomic E-state index is 8.39. The summed E-state index contributed by atoms with van der Waals surface area (Å²) in [5.74, 6) is 0. The van der Waals surface area contributed by atoms with Gasteiger partial charge in [-0.05, 0) is 38.8 Å². The van der Waals surface area contributed by atoms with Crippen molar-refractivity contribution in [2.45, 2.75) is 30.3 Å². The minimum atomic E-state index is -0.682. The maximum Gasteiger partial charge on any atom is 0.0813 e. The van der Waals surface area contributed by atoms with Gasteiger partial charge in [-0.1, -0.05) is 51.9 Å². The third-order valence-electron chi connectivity index (χ3n) is 2.50. The molecule has 2 rings (SSSR count). The van der Waals surface area contributed by atoms with Gasteiger partial charge in [0.15, 0.2) is 0 Å². The second kappa shape index (κ2) is 8.06. The molecule has 1 aliphatic rings. The Morgan fingerprint density at radius 3 is 2.28 bits per heavy atom. The zero-order valence-corrected chi connectivity index (χ0v) is 14.6. The molecule has 18 heavy (non-hydrogen) atoms. The highest BCUT2D eigenvalue weighted by Gasteiger charge is 2.33. The van der Waals surface area contributed by atoms with Crippen LogP contribution in [0.3, 0.4) is 0 Å². The van der Waals surface area contributed by atoms with Crippen LogP contribution < -0.4 is 0 Å². The Kier molecular flexibility index (Phi) is 7.48. The summed E-state index contributed by atoms with van der Waals surface area (Å²) in [5.41, 5.74) is 1.48. The molecule has 1 heterocycles. The zero-order chi connectivity index (χ0) is 13.6. The van der Waals surface area contributed by atoms with Crippen LogP contribution in [0, 0.1) is 0 Å².